The number of likely N-dealkylation sites (N-methyl/N-ethyl adjacent to an activating group) is 1. The summed E-state index contributed by atoms with van der Waals surface area (Å²) >= 11 is 0. The SMILES string of the molecule is COCC(O)CN(C)C(=O)c1cc(C)n(Cc2ccccc2)c1C. The topological polar surface area (TPSA) is 54.7 Å². The standard InChI is InChI=1S/C19H26N2O3/c1-14-10-18(19(23)20(3)12-17(22)13-24-4)15(2)21(14)11-16-8-6-5-7-9-16/h5-10,17,22H,11-13H2,1-4H3. The third kappa shape index (κ3) is 4.24. The molecule has 0 radical (unpaired) electrons. The Balaban J connectivity index is 2.16. The van der Waals surface area contributed by atoms with E-state index in [4.69, 9.17) is 4.74 Å². The van der Waals surface area contributed by atoms with Crippen LogP contribution in [0, 0.1) is 13.8 Å². The molecule has 1 heterocycles. The zero-order valence-corrected chi connectivity index (χ0v) is 14.8. The molecule has 0 saturated heterocycles. The third-order valence-corrected chi connectivity index (χ3v) is 4.18. The predicted octanol–water partition coefficient (Wildman–Crippen LogP) is 2.23. The number of aryl methyl sites for hydroxylation is 1. The summed E-state index contributed by atoms with van der Waals surface area (Å²) in [5, 5.41) is 9.82. The van der Waals surface area contributed by atoms with Crippen LogP contribution in [0.15, 0.2) is 36.4 Å². The van der Waals surface area contributed by atoms with Crippen molar-refractivity contribution in [1.29, 1.82) is 0 Å². The molecule has 1 N–H and O–H groups in total. The van der Waals surface area contributed by atoms with Crippen LogP contribution in [0.25, 0.3) is 0 Å². The molecular weight excluding hydrogens is 304 g/mol. The van der Waals surface area contributed by atoms with Gasteiger partial charge in [-0.05, 0) is 25.5 Å². The molecule has 0 bridgehead atoms. The van der Waals surface area contributed by atoms with E-state index in [2.05, 4.69) is 16.7 Å². The number of ether oxygens (including phenoxy) is 1. The molecule has 1 amide bonds. The molecule has 1 aromatic carbocycles. The molecule has 0 aliphatic carbocycles. The van der Waals surface area contributed by atoms with Gasteiger partial charge in [-0.15, -0.1) is 0 Å². The Morgan fingerprint density at radius 3 is 2.58 bits per heavy atom. The Hall–Kier alpha value is -2.11. The van der Waals surface area contributed by atoms with Crippen LogP contribution in [-0.4, -0.2) is 53.9 Å². The van der Waals surface area contributed by atoms with E-state index in [1.807, 2.05) is 38.1 Å². The highest BCUT2D eigenvalue weighted by molar-refractivity contribution is 5.95. The van der Waals surface area contributed by atoms with Gasteiger partial charge >= 0.3 is 0 Å². The second-order valence-electron chi connectivity index (χ2n) is 6.15. The Morgan fingerprint density at radius 2 is 1.96 bits per heavy atom. The van der Waals surface area contributed by atoms with Gasteiger partial charge in [0, 0.05) is 38.6 Å². The van der Waals surface area contributed by atoms with Gasteiger partial charge < -0.3 is 19.3 Å². The molecule has 0 aliphatic rings. The Kier molecular flexibility index (Phi) is 6.17. The Bertz CT molecular complexity index is 679. The summed E-state index contributed by atoms with van der Waals surface area (Å²) in [5.74, 6) is -0.0856. The van der Waals surface area contributed by atoms with Gasteiger partial charge in [0.15, 0.2) is 0 Å². The minimum absolute atomic E-state index is 0.0856. The molecule has 24 heavy (non-hydrogen) atoms. The number of aliphatic hydroxyl groups excluding tert-OH is 1. The summed E-state index contributed by atoms with van der Waals surface area (Å²) in [5.41, 5.74) is 3.86. The average Bonchev–Trinajstić information content (AvgIpc) is 2.83. The number of carbonyl (C=O) groups excluding carboxylic acids is 1. The maximum Gasteiger partial charge on any atom is 0.255 e. The van der Waals surface area contributed by atoms with Gasteiger partial charge in [-0.1, -0.05) is 30.3 Å². The van der Waals surface area contributed by atoms with Crippen molar-refractivity contribution in [3.63, 3.8) is 0 Å². The molecule has 1 atom stereocenters. The van der Waals surface area contributed by atoms with Crippen LogP contribution in [0.5, 0.6) is 0 Å². The van der Waals surface area contributed by atoms with Crippen molar-refractivity contribution < 1.29 is 14.6 Å². The second-order valence-corrected chi connectivity index (χ2v) is 6.15. The minimum Gasteiger partial charge on any atom is -0.389 e. The van der Waals surface area contributed by atoms with Crippen LogP contribution in [0.3, 0.4) is 0 Å². The fourth-order valence-electron chi connectivity index (χ4n) is 2.88. The van der Waals surface area contributed by atoms with Gasteiger partial charge in [0.1, 0.15) is 0 Å². The van der Waals surface area contributed by atoms with Crippen molar-refractivity contribution >= 4 is 5.91 Å². The van der Waals surface area contributed by atoms with Crippen LogP contribution in [0.4, 0.5) is 0 Å². The van der Waals surface area contributed by atoms with Crippen LogP contribution in [-0.2, 0) is 11.3 Å². The van der Waals surface area contributed by atoms with Crippen LogP contribution >= 0.6 is 0 Å². The van der Waals surface area contributed by atoms with Crippen molar-refractivity contribution in [3.05, 3.63) is 58.9 Å². The summed E-state index contributed by atoms with van der Waals surface area (Å²) in [4.78, 5) is 14.2. The fourth-order valence-corrected chi connectivity index (χ4v) is 2.88. The van der Waals surface area contributed by atoms with E-state index in [0.717, 1.165) is 17.9 Å². The highest BCUT2D eigenvalue weighted by Gasteiger charge is 2.20. The number of rotatable bonds is 7. The molecule has 2 rings (SSSR count). The lowest BCUT2D eigenvalue weighted by Gasteiger charge is -2.20. The minimum atomic E-state index is -0.684. The Morgan fingerprint density at radius 1 is 1.29 bits per heavy atom. The normalized spacial score (nSPS) is 12.2. The van der Waals surface area contributed by atoms with Crippen molar-refractivity contribution in [2.45, 2.75) is 26.5 Å². The molecule has 5 nitrogen and oxygen atoms in total. The average molecular weight is 330 g/mol. The van der Waals surface area contributed by atoms with Crippen LogP contribution in [0.2, 0.25) is 0 Å². The van der Waals surface area contributed by atoms with Gasteiger partial charge in [0.25, 0.3) is 5.91 Å². The van der Waals surface area contributed by atoms with Crippen LogP contribution < -0.4 is 0 Å². The molecule has 0 fully saturated rings. The fraction of sp³-hybridized carbons (Fsp3) is 0.421. The summed E-state index contributed by atoms with van der Waals surface area (Å²) in [7, 11) is 3.23. The largest absolute Gasteiger partial charge is 0.389 e. The van der Waals surface area contributed by atoms with Gasteiger partial charge in [0.2, 0.25) is 0 Å². The first-order valence-electron chi connectivity index (χ1n) is 8.07. The summed E-state index contributed by atoms with van der Waals surface area (Å²) < 4.78 is 7.05. The smallest absolute Gasteiger partial charge is 0.255 e. The van der Waals surface area contributed by atoms with E-state index in [1.54, 1.807) is 7.05 Å². The van der Waals surface area contributed by atoms with Gasteiger partial charge in [-0.25, -0.2) is 0 Å². The maximum atomic E-state index is 12.7. The van der Waals surface area contributed by atoms with Gasteiger partial charge in [-0.3, -0.25) is 4.79 Å². The summed E-state index contributed by atoms with van der Waals surface area (Å²) in [6.45, 7) is 5.16. The van der Waals surface area contributed by atoms with Gasteiger partial charge in [0.05, 0.1) is 18.3 Å². The van der Waals surface area contributed by atoms with Crippen molar-refractivity contribution in [3.8, 4) is 0 Å². The second kappa shape index (κ2) is 8.13. The predicted molar refractivity (Wildman–Crippen MR) is 94.3 cm³/mol. The van der Waals surface area contributed by atoms with E-state index >= 15 is 0 Å². The third-order valence-electron chi connectivity index (χ3n) is 4.18. The Labute approximate surface area is 143 Å². The molecule has 0 aliphatic heterocycles. The number of hydrogen-bond acceptors (Lipinski definition) is 3. The zero-order valence-electron chi connectivity index (χ0n) is 14.8. The number of nitrogens with zero attached hydrogens (tertiary/aromatic N) is 2. The highest BCUT2D eigenvalue weighted by atomic mass is 16.5. The lowest BCUT2D eigenvalue weighted by Crippen LogP contribution is -2.36. The monoisotopic (exact) mass is 330 g/mol. The van der Waals surface area contributed by atoms with E-state index in [9.17, 15) is 9.90 Å². The first kappa shape index (κ1) is 18.2. The van der Waals surface area contributed by atoms with Crippen molar-refractivity contribution in [2.75, 3.05) is 27.3 Å². The van der Waals surface area contributed by atoms with E-state index in [1.165, 1.54) is 17.6 Å². The lowest BCUT2D eigenvalue weighted by atomic mass is 10.2. The molecule has 130 valence electrons. The quantitative estimate of drug-likeness (QED) is 0.847. The number of aliphatic hydroxyl groups is 1. The molecule has 0 saturated carbocycles. The van der Waals surface area contributed by atoms with Crippen LogP contribution in [0.1, 0.15) is 27.3 Å². The summed E-state index contributed by atoms with van der Waals surface area (Å²) in [6.07, 6.45) is -0.684. The molecule has 0 spiro atoms. The number of amides is 1. The van der Waals surface area contributed by atoms with E-state index in [0.29, 0.717) is 5.56 Å². The highest BCUT2D eigenvalue weighted by Crippen LogP contribution is 2.18. The molecule has 2 aromatic rings. The van der Waals surface area contributed by atoms with E-state index in [-0.39, 0.29) is 19.1 Å². The van der Waals surface area contributed by atoms with E-state index < -0.39 is 6.10 Å². The van der Waals surface area contributed by atoms with Gasteiger partial charge in [-0.2, -0.15) is 0 Å². The lowest BCUT2D eigenvalue weighted by molar-refractivity contribution is 0.0380. The number of methoxy groups -OCH3 is 1. The summed E-state index contributed by atoms with van der Waals surface area (Å²) in [6, 6.07) is 12.1. The maximum absolute atomic E-state index is 12.7. The number of carbonyl (C=O) groups is 1. The zero-order chi connectivity index (χ0) is 17.7. The van der Waals surface area contributed by atoms with Crippen molar-refractivity contribution in [2.24, 2.45) is 0 Å². The molecule has 1 unspecified atom stereocenters. The van der Waals surface area contributed by atoms with Crippen molar-refractivity contribution in [1.82, 2.24) is 9.47 Å². The first-order chi connectivity index (χ1) is 11.4. The molecular formula is C19H26N2O3. The number of aromatic nitrogens is 1. The number of benzene rings is 1. The molecule has 5 heteroatoms. The molecule has 1 aromatic heterocycles. The number of hydrogen-bond donors (Lipinski definition) is 1. The first-order valence-corrected chi connectivity index (χ1v) is 8.07.